The van der Waals surface area contributed by atoms with Crippen LogP contribution in [0.1, 0.15) is 49.9 Å². The van der Waals surface area contributed by atoms with Gasteiger partial charge in [0, 0.05) is 24.0 Å². The molecule has 2 N–H and O–H groups in total. The summed E-state index contributed by atoms with van der Waals surface area (Å²) in [6.45, 7) is 4.54. The fraction of sp³-hybridized carbons (Fsp3) is 0.600. The lowest BCUT2D eigenvalue weighted by Gasteiger charge is -2.30. The number of carbonyl (C=O) groups excluding carboxylic acids is 1. The fourth-order valence-corrected chi connectivity index (χ4v) is 2.88. The quantitative estimate of drug-likeness (QED) is 0.832. The molecule has 0 saturated heterocycles. The van der Waals surface area contributed by atoms with E-state index >= 15 is 0 Å². The summed E-state index contributed by atoms with van der Waals surface area (Å²) in [5.74, 6) is 1.83. The zero-order valence-electron chi connectivity index (χ0n) is 11.2. The van der Waals surface area contributed by atoms with Crippen molar-refractivity contribution in [3.05, 3.63) is 24.0 Å². The van der Waals surface area contributed by atoms with Crippen molar-refractivity contribution in [2.75, 3.05) is 5.73 Å². The van der Waals surface area contributed by atoms with E-state index in [1.165, 1.54) is 0 Å². The van der Waals surface area contributed by atoms with E-state index in [0.29, 0.717) is 11.3 Å². The third kappa shape index (κ3) is 2.71. The number of nitrogens with zero attached hydrogens (tertiary/aromatic N) is 1. The molecular formula is C15H22N2O. The molecule has 1 aromatic rings. The largest absolute Gasteiger partial charge is 0.398 e. The van der Waals surface area contributed by atoms with E-state index in [-0.39, 0.29) is 11.7 Å². The van der Waals surface area contributed by atoms with Gasteiger partial charge in [-0.25, -0.2) is 0 Å². The first-order valence-corrected chi connectivity index (χ1v) is 6.83. The molecule has 1 aromatic heterocycles. The lowest BCUT2D eigenvalue weighted by atomic mass is 9.75. The highest BCUT2D eigenvalue weighted by molar-refractivity contribution is 6.01. The van der Waals surface area contributed by atoms with Gasteiger partial charge in [0.15, 0.2) is 5.78 Å². The molecule has 0 spiro atoms. The average molecular weight is 246 g/mol. The summed E-state index contributed by atoms with van der Waals surface area (Å²) < 4.78 is 0. The minimum absolute atomic E-state index is 0.145. The molecule has 0 amide bonds. The molecule has 0 radical (unpaired) electrons. The van der Waals surface area contributed by atoms with Gasteiger partial charge >= 0.3 is 0 Å². The Balaban J connectivity index is 2.02. The monoisotopic (exact) mass is 246 g/mol. The molecule has 2 rings (SSSR count). The summed E-state index contributed by atoms with van der Waals surface area (Å²) >= 11 is 0. The molecule has 0 aliphatic heterocycles. The molecule has 98 valence electrons. The summed E-state index contributed by atoms with van der Waals surface area (Å²) in [6, 6.07) is 1.70. The van der Waals surface area contributed by atoms with Gasteiger partial charge in [0.2, 0.25) is 0 Å². The number of nitrogens with two attached hydrogens (primary N) is 1. The highest BCUT2D eigenvalue weighted by Gasteiger charge is 2.28. The van der Waals surface area contributed by atoms with Gasteiger partial charge < -0.3 is 5.73 Å². The zero-order valence-corrected chi connectivity index (χ0v) is 11.2. The highest BCUT2D eigenvalue weighted by Crippen LogP contribution is 2.35. The van der Waals surface area contributed by atoms with Crippen molar-refractivity contribution in [3.63, 3.8) is 0 Å². The van der Waals surface area contributed by atoms with E-state index in [1.807, 2.05) is 0 Å². The van der Waals surface area contributed by atoms with Crippen molar-refractivity contribution in [1.29, 1.82) is 0 Å². The molecule has 1 heterocycles. The maximum Gasteiger partial charge on any atom is 0.169 e. The van der Waals surface area contributed by atoms with E-state index in [0.717, 1.165) is 37.5 Å². The van der Waals surface area contributed by atoms with Crippen molar-refractivity contribution < 1.29 is 4.79 Å². The third-order valence-electron chi connectivity index (χ3n) is 4.21. The van der Waals surface area contributed by atoms with Gasteiger partial charge in [-0.05, 0) is 43.6 Å². The Morgan fingerprint density at radius 2 is 2.00 bits per heavy atom. The predicted octanol–water partition coefficient (Wildman–Crippen LogP) is 3.31. The van der Waals surface area contributed by atoms with Crippen molar-refractivity contribution in [1.82, 2.24) is 4.98 Å². The minimum Gasteiger partial charge on any atom is -0.398 e. The number of nitrogen functional groups attached to an aromatic ring is 1. The van der Waals surface area contributed by atoms with Gasteiger partial charge in [-0.3, -0.25) is 9.78 Å². The van der Waals surface area contributed by atoms with Crippen LogP contribution in [0.5, 0.6) is 0 Å². The number of ketones is 1. The molecule has 3 nitrogen and oxygen atoms in total. The SMILES string of the molecule is CC(C)C1CCC(C(=O)c2cnccc2N)CC1. The Hall–Kier alpha value is -1.38. The number of carbonyl (C=O) groups is 1. The molecule has 1 aliphatic carbocycles. The second-order valence-corrected chi connectivity index (χ2v) is 5.68. The second-order valence-electron chi connectivity index (χ2n) is 5.68. The molecule has 1 saturated carbocycles. The number of Topliss-reactive ketones (excluding diaryl/α,β-unsaturated/α-hetero) is 1. The number of anilines is 1. The molecular weight excluding hydrogens is 224 g/mol. The Morgan fingerprint density at radius 3 is 2.56 bits per heavy atom. The third-order valence-corrected chi connectivity index (χ3v) is 4.21. The van der Waals surface area contributed by atoms with E-state index in [4.69, 9.17) is 5.73 Å². The first-order chi connectivity index (χ1) is 8.59. The molecule has 0 bridgehead atoms. The predicted molar refractivity (Wildman–Crippen MR) is 73.3 cm³/mol. The van der Waals surface area contributed by atoms with Crippen LogP contribution in [0.15, 0.2) is 18.5 Å². The average Bonchev–Trinajstić information content (AvgIpc) is 2.38. The zero-order chi connectivity index (χ0) is 13.1. The summed E-state index contributed by atoms with van der Waals surface area (Å²) in [4.78, 5) is 16.4. The Kier molecular flexibility index (Phi) is 4.00. The summed E-state index contributed by atoms with van der Waals surface area (Å²) in [5.41, 5.74) is 7.00. The van der Waals surface area contributed by atoms with Crippen molar-refractivity contribution >= 4 is 11.5 Å². The molecule has 0 atom stereocenters. The van der Waals surface area contributed by atoms with Crippen LogP contribution in [0.4, 0.5) is 5.69 Å². The second kappa shape index (κ2) is 5.51. The van der Waals surface area contributed by atoms with Gasteiger partial charge in [-0.1, -0.05) is 13.8 Å². The Bertz CT molecular complexity index is 420. The van der Waals surface area contributed by atoms with Crippen LogP contribution >= 0.6 is 0 Å². The van der Waals surface area contributed by atoms with Crippen molar-refractivity contribution in [2.24, 2.45) is 17.8 Å². The smallest absolute Gasteiger partial charge is 0.169 e. The molecule has 18 heavy (non-hydrogen) atoms. The number of pyridine rings is 1. The Labute approximate surface area is 109 Å². The van der Waals surface area contributed by atoms with Crippen LogP contribution in [0.2, 0.25) is 0 Å². The lowest BCUT2D eigenvalue weighted by Crippen LogP contribution is -2.24. The number of hydrogen-bond acceptors (Lipinski definition) is 3. The van der Waals surface area contributed by atoms with E-state index in [2.05, 4.69) is 18.8 Å². The Morgan fingerprint density at radius 1 is 1.33 bits per heavy atom. The molecule has 3 heteroatoms. The van der Waals surface area contributed by atoms with Crippen LogP contribution in [0.3, 0.4) is 0 Å². The van der Waals surface area contributed by atoms with Crippen LogP contribution in [0.25, 0.3) is 0 Å². The van der Waals surface area contributed by atoms with Crippen molar-refractivity contribution in [3.8, 4) is 0 Å². The minimum atomic E-state index is 0.145. The van der Waals surface area contributed by atoms with E-state index in [1.54, 1.807) is 18.5 Å². The summed E-state index contributed by atoms with van der Waals surface area (Å²) in [6.07, 6.45) is 7.54. The maximum absolute atomic E-state index is 12.4. The highest BCUT2D eigenvalue weighted by atomic mass is 16.1. The standard InChI is InChI=1S/C15H22N2O/c1-10(2)11-3-5-12(6-4-11)15(18)13-9-17-8-7-14(13)16/h7-12H,3-6H2,1-2H3,(H2,16,17). The topological polar surface area (TPSA) is 56.0 Å². The summed E-state index contributed by atoms with van der Waals surface area (Å²) in [7, 11) is 0. The van der Waals surface area contributed by atoms with Crippen LogP contribution in [-0.2, 0) is 0 Å². The number of rotatable bonds is 3. The first kappa shape index (κ1) is 13.1. The molecule has 1 aliphatic rings. The van der Waals surface area contributed by atoms with Crippen LogP contribution < -0.4 is 5.73 Å². The number of hydrogen-bond donors (Lipinski definition) is 1. The molecule has 1 fully saturated rings. The van der Waals surface area contributed by atoms with Crippen LogP contribution in [-0.4, -0.2) is 10.8 Å². The number of aromatic nitrogens is 1. The van der Waals surface area contributed by atoms with Crippen molar-refractivity contribution in [2.45, 2.75) is 39.5 Å². The van der Waals surface area contributed by atoms with Gasteiger partial charge in [0.25, 0.3) is 0 Å². The van der Waals surface area contributed by atoms with Gasteiger partial charge in [-0.15, -0.1) is 0 Å². The normalized spacial score (nSPS) is 24.2. The van der Waals surface area contributed by atoms with E-state index < -0.39 is 0 Å². The van der Waals surface area contributed by atoms with Gasteiger partial charge in [0.1, 0.15) is 0 Å². The van der Waals surface area contributed by atoms with Gasteiger partial charge in [0.05, 0.1) is 5.56 Å². The van der Waals surface area contributed by atoms with E-state index in [9.17, 15) is 4.79 Å². The molecule has 0 unspecified atom stereocenters. The lowest BCUT2D eigenvalue weighted by molar-refractivity contribution is 0.0859. The maximum atomic E-state index is 12.4. The summed E-state index contributed by atoms with van der Waals surface area (Å²) in [5, 5.41) is 0. The first-order valence-electron chi connectivity index (χ1n) is 6.83. The fourth-order valence-electron chi connectivity index (χ4n) is 2.88. The molecule has 0 aromatic carbocycles. The van der Waals surface area contributed by atoms with Gasteiger partial charge in [-0.2, -0.15) is 0 Å². The van der Waals surface area contributed by atoms with Crippen LogP contribution in [0, 0.1) is 17.8 Å².